The molecular formula is C17H36O2. The summed E-state index contributed by atoms with van der Waals surface area (Å²) in [5.74, 6) is 0.575. The van der Waals surface area contributed by atoms with Gasteiger partial charge in [0.05, 0.1) is 12.7 Å². The quantitative estimate of drug-likeness (QED) is 0.427. The molecule has 0 aromatic carbocycles. The van der Waals surface area contributed by atoms with Crippen LogP contribution in [0.1, 0.15) is 85.0 Å². The summed E-state index contributed by atoms with van der Waals surface area (Å²) in [6, 6.07) is 0. The number of hydrogen-bond acceptors (Lipinski definition) is 2. The molecule has 1 N–H and O–H groups in total. The lowest BCUT2D eigenvalue weighted by molar-refractivity contribution is 0.206. The van der Waals surface area contributed by atoms with Crippen molar-refractivity contribution < 1.29 is 9.84 Å². The van der Waals surface area contributed by atoms with Gasteiger partial charge in [0.15, 0.2) is 0 Å². The molecule has 1 aliphatic heterocycles. The van der Waals surface area contributed by atoms with Gasteiger partial charge in [-0.3, -0.25) is 0 Å². The highest BCUT2D eigenvalue weighted by Crippen LogP contribution is 2.16. The summed E-state index contributed by atoms with van der Waals surface area (Å²) in [6.07, 6.45) is 13.9. The van der Waals surface area contributed by atoms with E-state index in [1.165, 1.54) is 64.2 Å². The first kappa shape index (κ1) is 18.9. The van der Waals surface area contributed by atoms with Gasteiger partial charge in [-0.15, -0.1) is 0 Å². The van der Waals surface area contributed by atoms with E-state index in [2.05, 4.69) is 20.8 Å². The van der Waals surface area contributed by atoms with Crippen LogP contribution < -0.4 is 0 Å². The van der Waals surface area contributed by atoms with Crippen LogP contribution in [0.25, 0.3) is 0 Å². The van der Waals surface area contributed by atoms with E-state index in [1.807, 2.05) is 0 Å². The highest BCUT2D eigenvalue weighted by Gasteiger charge is 2.13. The average Bonchev–Trinajstić information content (AvgIpc) is 3.19. The maximum absolute atomic E-state index is 9.13. The Balaban J connectivity index is 0.000000678. The van der Waals surface area contributed by atoms with Crippen LogP contribution in [0.4, 0.5) is 0 Å². The van der Waals surface area contributed by atoms with Gasteiger partial charge in [0.25, 0.3) is 0 Å². The lowest BCUT2D eigenvalue weighted by Crippen LogP contribution is -2.05. The summed E-state index contributed by atoms with van der Waals surface area (Å²) in [6.45, 7) is 7.90. The zero-order valence-corrected chi connectivity index (χ0v) is 13.5. The van der Waals surface area contributed by atoms with Crippen LogP contribution in [0.2, 0.25) is 0 Å². The maximum Gasteiger partial charge on any atom is 0.0781 e. The Morgan fingerprint density at radius 3 is 1.89 bits per heavy atom. The zero-order valence-electron chi connectivity index (χ0n) is 13.5. The van der Waals surface area contributed by atoms with Crippen molar-refractivity contribution in [2.45, 2.75) is 91.1 Å². The molecule has 1 rings (SSSR count). The number of hydrogen-bond donors (Lipinski definition) is 1. The average molecular weight is 272 g/mol. The Kier molecular flexibility index (Phi) is 14.3. The van der Waals surface area contributed by atoms with Gasteiger partial charge in [0.2, 0.25) is 0 Å². The third-order valence-electron chi connectivity index (χ3n) is 3.67. The van der Waals surface area contributed by atoms with E-state index in [0.29, 0.717) is 18.6 Å². The first-order valence-electron chi connectivity index (χ1n) is 8.47. The summed E-state index contributed by atoms with van der Waals surface area (Å²) >= 11 is 0. The van der Waals surface area contributed by atoms with Crippen LogP contribution >= 0.6 is 0 Å². The molecule has 0 aromatic rings. The molecule has 0 bridgehead atoms. The first-order valence-corrected chi connectivity index (χ1v) is 8.47. The number of epoxide rings is 1. The number of aliphatic hydroxyl groups excluding tert-OH is 1. The molecule has 0 spiro atoms. The highest BCUT2D eigenvalue weighted by atomic mass is 16.6. The predicted molar refractivity (Wildman–Crippen MR) is 83.5 cm³/mol. The molecule has 1 heterocycles. The molecule has 0 aliphatic carbocycles. The summed E-state index contributed by atoms with van der Waals surface area (Å²) in [4.78, 5) is 0. The fraction of sp³-hybridized carbons (Fsp3) is 1.00. The Hall–Kier alpha value is -0.0800. The molecule has 2 nitrogen and oxygen atoms in total. The number of aliphatic hydroxyl groups is 1. The third kappa shape index (κ3) is 15.9. The Morgan fingerprint density at radius 2 is 1.47 bits per heavy atom. The van der Waals surface area contributed by atoms with E-state index in [-0.39, 0.29) is 0 Å². The van der Waals surface area contributed by atoms with E-state index in [9.17, 15) is 0 Å². The molecule has 2 heteroatoms. The second kappa shape index (κ2) is 14.3. The maximum atomic E-state index is 9.13. The Morgan fingerprint density at radius 1 is 0.947 bits per heavy atom. The van der Waals surface area contributed by atoms with Gasteiger partial charge < -0.3 is 9.84 Å². The number of unbranched alkanes of at least 4 members (excludes halogenated alkanes) is 6. The predicted octanol–water partition coefficient (Wildman–Crippen LogP) is 4.94. The number of rotatable bonds is 11. The standard InChI is InChI=1S/C14H30O.C3H6O/c1-3-5-6-7-8-9-10-12-14(13-15)11-4-2;1-3-2-4-3/h14-15H,3-13H2,1-2H3;3H,2H2,1H3. The van der Waals surface area contributed by atoms with Gasteiger partial charge in [-0.1, -0.05) is 65.2 Å². The molecule has 1 aliphatic rings. The summed E-state index contributed by atoms with van der Waals surface area (Å²) < 4.78 is 4.71. The van der Waals surface area contributed by atoms with E-state index in [0.717, 1.165) is 6.61 Å². The van der Waals surface area contributed by atoms with Crippen molar-refractivity contribution in [3.63, 3.8) is 0 Å². The van der Waals surface area contributed by atoms with E-state index in [1.54, 1.807) is 0 Å². The molecule has 2 unspecified atom stereocenters. The Bertz CT molecular complexity index is 167. The summed E-state index contributed by atoms with van der Waals surface area (Å²) in [5, 5.41) is 9.13. The van der Waals surface area contributed by atoms with Gasteiger partial charge in [0.1, 0.15) is 0 Å². The minimum atomic E-state index is 0.393. The smallest absolute Gasteiger partial charge is 0.0781 e. The van der Waals surface area contributed by atoms with Crippen LogP contribution in [-0.2, 0) is 4.74 Å². The van der Waals surface area contributed by atoms with Crippen molar-refractivity contribution in [3.8, 4) is 0 Å². The zero-order chi connectivity index (χ0) is 14.3. The lowest BCUT2D eigenvalue weighted by atomic mass is 9.97. The van der Waals surface area contributed by atoms with Crippen LogP contribution in [-0.4, -0.2) is 24.4 Å². The monoisotopic (exact) mass is 272 g/mol. The van der Waals surface area contributed by atoms with Crippen molar-refractivity contribution in [1.29, 1.82) is 0 Å². The molecule has 0 aromatic heterocycles. The highest BCUT2D eigenvalue weighted by molar-refractivity contribution is 4.58. The molecule has 0 saturated carbocycles. The topological polar surface area (TPSA) is 32.8 Å². The molecule has 0 amide bonds. The van der Waals surface area contributed by atoms with E-state index >= 15 is 0 Å². The van der Waals surface area contributed by atoms with Gasteiger partial charge in [-0.05, 0) is 25.7 Å². The summed E-state index contributed by atoms with van der Waals surface area (Å²) in [5.41, 5.74) is 0. The minimum Gasteiger partial charge on any atom is -0.396 e. The minimum absolute atomic E-state index is 0.393. The third-order valence-corrected chi connectivity index (χ3v) is 3.67. The molecular weight excluding hydrogens is 236 g/mol. The molecule has 116 valence electrons. The van der Waals surface area contributed by atoms with Crippen LogP contribution in [0.15, 0.2) is 0 Å². The van der Waals surface area contributed by atoms with Crippen LogP contribution in [0.5, 0.6) is 0 Å². The lowest BCUT2D eigenvalue weighted by Gasteiger charge is -2.12. The molecule has 1 saturated heterocycles. The van der Waals surface area contributed by atoms with Gasteiger partial charge in [-0.2, -0.15) is 0 Å². The van der Waals surface area contributed by atoms with E-state index < -0.39 is 0 Å². The second-order valence-corrected chi connectivity index (χ2v) is 5.89. The van der Waals surface area contributed by atoms with E-state index in [4.69, 9.17) is 9.84 Å². The fourth-order valence-electron chi connectivity index (χ4n) is 2.22. The van der Waals surface area contributed by atoms with Gasteiger partial charge in [-0.25, -0.2) is 0 Å². The largest absolute Gasteiger partial charge is 0.396 e. The SMILES string of the molecule is CC1CO1.CCCCCCCCCC(CO)CCC. The van der Waals surface area contributed by atoms with Gasteiger partial charge in [0, 0.05) is 6.61 Å². The molecule has 2 atom stereocenters. The molecule has 19 heavy (non-hydrogen) atoms. The molecule has 0 radical (unpaired) electrons. The van der Waals surface area contributed by atoms with Crippen molar-refractivity contribution in [3.05, 3.63) is 0 Å². The Labute approximate surface area is 120 Å². The fourth-order valence-corrected chi connectivity index (χ4v) is 2.22. The number of ether oxygens (including phenoxy) is 1. The first-order chi connectivity index (χ1) is 9.24. The van der Waals surface area contributed by atoms with Crippen LogP contribution in [0, 0.1) is 5.92 Å². The van der Waals surface area contributed by atoms with Crippen LogP contribution in [0.3, 0.4) is 0 Å². The normalized spacial score (nSPS) is 18.6. The van der Waals surface area contributed by atoms with Crippen molar-refractivity contribution in [2.75, 3.05) is 13.2 Å². The van der Waals surface area contributed by atoms with Crippen molar-refractivity contribution >= 4 is 0 Å². The van der Waals surface area contributed by atoms with Crippen molar-refractivity contribution in [1.82, 2.24) is 0 Å². The molecule has 1 fully saturated rings. The second-order valence-electron chi connectivity index (χ2n) is 5.89. The van der Waals surface area contributed by atoms with Gasteiger partial charge >= 0.3 is 0 Å². The van der Waals surface area contributed by atoms with Crippen molar-refractivity contribution in [2.24, 2.45) is 5.92 Å². The summed E-state index contributed by atoms with van der Waals surface area (Å²) in [7, 11) is 0.